The first-order chi connectivity index (χ1) is 15.4. The van der Waals surface area contributed by atoms with Gasteiger partial charge in [-0.1, -0.05) is 91.0 Å². The molecular formula is C30H30N. The van der Waals surface area contributed by atoms with Crippen LogP contribution in [-0.4, -0.2) is 4.98 Å². The average Bonchev–Trinajstić information content (AvgIpc) is 2.85. The van der Waals surface area contributed by atoms with Crippen molar-refractivity contribution >= 4 is 0 Å². The minimum atomic E-state index is 0.385. The lowest BCUT2D eigenvalue weighted by Gasteiger charge is -2.29. The molecule has 1 heterocycles. The second kappa shape index (κ2) is 11.3. The zero-order chi connectivity index (χ0) is 21.1. The standard InChI is InChI=1S/C30H30N/c1-4-11-25(12-5-1)13-10-18-29(20-19-26-21-23-31-24-22-26)30(27-14-6-2-7-15-27)28-16-8-3-9-17-28/h1-9,11-12,14-17,19,21-24,29-30H,10,13,18,20H2. The van der Waals surface area contributed by atoms with E-state index in [4.69, 9.17) is 0 Å². The maximum atomic E-state index is 4.17. The summed E-state index contributed by atoms with van der Waals surface area (Å²) >= 11 is 0. The van der Waals surface area contributed by atoms with Crippen molar-refractivity contribution in [3.63, 3.8) is 0 Å². The molecule has 0 aliphatic carbocycles. The summed E-state index contributed by atoms with van der Waals surface area (Å²) in [6.45, 7) is 0. The van der Waals surface area contributed by atoms with Gasteiger partial charge in [-0.25, -0.2) is 0 Å². The fraction of sp³-hybridized carbons (Fsp3) is 0.200. The monoisotopic (exact) mass is 404 g/mol. The predicted octanol–water partition coefficient (Wildman–Crippen LogP) is 7.50. The zero-order valence-corrected chi connectivity index (χ0v) is 18.0. The second-order valence-corrected chi connectivity index (χ2v) is 8.16. The van der Waals surface area contributed by atoms with E-state index in [1.54, 1.807) is 0 Å². The van der Waals surface area contributed by atoms with Crippen LogP contribution in [0, 0.1) is 12.3 Å². The molecule has 4 aromatic rings. The molecule has 1 radical (unpaired) electrons. The van der Waals surface area contributed by atoms with E-state index < -0.39 is 0 Å². The van der Waals surface area contributed by atoms with Crippen LogP contribution in [0.25, 0.3) is 0 Å². The predicted molar refractivity (Wildman–Crippen MR) is 130 cm³/mol. The van der Waals surface area contributed by atoms with Crippen molar-refractivity contribution in [2.75, 3.05) is 0 Å². The Balaban J connectivity index is 1.57. The molecule has 0 N–H and O–H groups in total. The molecule has 4 rings (SSSR count). The van der Waals surface area contributed by atoms with Gasteiger partial charge in [0.05, 0.1) is 0 Å². The first-order valence-electron chi connectivity index (χ1n) is 11.3. The highest BCUT2D eigenvalue weighted by Crippen LogP contribution is 2.38. The molecule has 155 valence electrons. The highest BCUT2D eigenvalue weighted by atomic mass is 14.6. The van der Waals surface area contributed by atoms with Gasteiger partial charge < -0.3 is 0 Å². The maximum Gasteiger partial charge on any atom is 0.0270 e. The first-order valence-corrected chi connectivity index (χ1v) is 11.3. The third-order valence-electron chi connectivity index (χ3n) is 6.03. The SMILES string of the molecule is [CH](CC(CCCc1ccccc1)C(c1ccccc1)c1ccccc1)c1ccncc1. The molecule has 1 unspecified atom stereocenters. The fourth-order valence-corrected chi connectivity index (χ4v) is 4.48. The molecule has 1 atom stereocenters. The molecule has 0 amide bonds. The molecule has 1 heteroatoms. The molecule has 31 heavy (non-hydrogen) atoms. The quantitative estimate of drug-likeness (QED) is 0.267. The van der Waals surface area contributed by atoms with Gasteiger partial charge in [0, 0.05) is 18.3 Å². The van der Waals surface area contributed by atoms with Gasteiger partial charge in [0.1, 0.15) is 0 Å². The van der Waals surface area contributed by atoms with E-state index in [1.807, 2.05) is 12.4 Å². The molecule has 3 aromatic carbocycles. The van der Waals surface area contributed by atoms with Crippen molar-refractivity contribution < 1.29 is 0 Å². The number of nitrogens with zero attached hydrogens (tertiary/aromatic N) is 1. The van der Waals surface area contributed by atoms with Crippen LogP contribution in [0.15, 0.2) is 116 Å². The van der Waals surface area contributed by atoms with Crippen molar-refractivity contribution in [3.8, 4) is 0 Å². The summed E-state index contributed by atoms with van der Waals surface area (Å²) in [5, 5.41) is 0. The van der Waals surface area contributed by atoms with Crippen LogP contribution >= 0.6 is 0 Å². The number of hydrogen-bond donors (Lipinski definition) is 0. The van der Waals surface area contributed by atoms with Gasteiger partial charge in [-0.15, -0.1) is 0 Å². The lowest BCUT2D eigenvalue weighted by atomic mass is 9.75. The number of aryl methyl sites for hydroxylation is 1. The van der Waals surface area contributed by atoms with Crippen LogP contribution in [0.1, 0.15) is 47.4 Å². The molecule has 0 aliphatic rings. The Morgan fingerprint density at radius 1 is 0.645 bits per heavy atom. The minimum absolute atomic E-state index is 0.385. The Bertz CT molecular complexity index is 958. The third-order valence-corrected chi connectivity index (χ3v) is 6.03. The van der Waals surface area contributed by atoms with E-state index in [0.717, 1.165) is 12.8 Å². The first kappa shape index (κ1) is 21.1. The van der Waals surface area contributed by atoms with E-state index in [2.05, 4.69) is 115 Å². The molecule has 0 bridgehead atoms. The summed E-state index contributed by atoms with van der Waals surface area (Å²) < 4.78 is 0. The third kappa shape index (κ3) is 6.15. The Morgan fingerprint density at radius 2 is 1.19 bits per heavy atom. The van der Waals surface area contributed by atoms with Crippen molar-refractivity contribution in [3.05, 3.63) is 144 Å². The maximum absolute atomic E-state index is 4.17. The normalized spacial score (nSPS) is 12.0. The van der Waals surface area contributed by atoms with Gasteiger partial charge in [0.15, 0.2) is 0 Å². The van der Waals surface area contributed by atoms with Crippen molar-refractivity contribution in [1.82, 2.24) is 4.98 Å². The Labute approximate surface area is 186 Å². The highest BCUT2D eigenvalue weighted by molar-refractivity contribution is 5.34. The van der Waals surface area contributed by atoms with E-state index in [0.29, 0.717) is 11.8 Å². The van der Waals surface area contributed by atoms with Crippen LogP contribution in [-0.2, 0) is 6.42 Å². The van der Waals surface area contributed by atoms with Crippen molar-refractivity contribution in [2.45, 2.75) is 31.6 Å². The number of hydrogen-bond acceptors (Lipinski definition) is 1. The van der Waals surface area contributed by atoms with Crippen molar-refractivity contribution in [1.29, 1.82) is 0 Å². The summed E-state index contributed by atoms with van der Waals surface area (Å²) in [6, 6.07) is 37.1. The Morgan fingerprint density at radius 3 is 1.77 bits per heavy atom. The van der Waals surface area contributed by atoms with Gasteiger partial charge in [-0.3, -0.25) is 4.98 Å². The number of pyridine rings is 1. The molecule has 0 aliphatic heterocycles. The van der Waals surface area contributed by atoms with E-state index in [9.17, 15) is 0 Å². The van der Waals surface area contributed by atoms with Gasteiger partial charge >= 0.3 is 0 Å². The smallest absolute Gasteiger partial charge is 0.0270 e. The van der Waals surface area contributed by atoms with Gasteiger partial charge in [-0.05, 0) is 72.4 Å². The lowest BCUT2D eigenvalue weighted by molar-refractivity contribution is 0.417. The summed E-state index contributed by atoms with van der Waals surface area (Å²) in [7, 11) is 0. The van der Waals surface area contributed by atoms with Gasteiger partial charge in [0.25, 0.3) is 0 Å². The average molecular weight is 405 g/mol. The number of aromatic nitrogens is 1. The highest BCUT2D eigenvalue weighted by Gasteiger charge is 2.24. The zero-order valence-electron chi connectivity index (χ0n) is 18.0. The molecule has 0 saturated carbocycles. The topological polar surface area (TPSA) is 12.9 Å². The summed E-state index contributed by atoms with van der Waals surface area (Å²) in [4.78, 5) is 4.17. The molecular weight excluding hydrogens is 374 g/mol. The van der Waals surface area contributed by atoms with Crippen LogP contribution in [0.3, 0.4) is 0 Å². The van der Waals surface area contributed by atoms with Crippen LogP contribution in [0.4, 0.5) is 0 Å². The number of rotatable bonds is 10. The Hall–Kier alpha value is -3.19. The van der Waals surface area contributed by atoms with E-state index in [-0.39, 0.29) is 0 Å². The van der Waals surface area contributed by atoms with Gasteiger partial charge in [0.2, 0.25) is 0 Å². The molecule has 0 saturated heterocycles. The minimum Gasteiger partial charge on any atom is -0.265 e. The van der Waals surface area contributed by atoms with Crippen molar-refractivity contribution in [2.24, 2.45) is 5.92 Å². The van der Waals surface area contributed by atoms with Gasteiger partial charge in [-0.2, -0.15) is 0 Å². The largest absolute Gasteiger partial charge is 0.265 e. The fourth-order valence-electron chi connectivity index (χ4n) is 4.48. The Kier molecular flexibility index (Phi) is 7.65. The van der Waals surface area contributed by atoms with Crippen LogP contribution < -0.4 is 0 Å². The lowest BCUT2D eigenvalue weighted by Crippen LogP contribution is -2.16. The molecule has 1 aromatic heterocycles. The second-order valence-electron chi connectivity index (χ2n) is 8.16. The summed E-state index contributed by atoms with van der Waals surface area (Å²) in [5.41, 5.74) is 5.49. The molecule has 1 nitrogen and oxygen atoms in total. The summed E-state index contributed by atoms with van der Waals surface area (Å²) in [6.07, 6.45) is 10.7. The van der Waals surface area contributed by atoms with Crippen LogP contribution in [0.2, 0.25) is 0 Å². The molecule has 0 spiro atoms. The van der Waals surface area contributed by atoms with E-state index in [1.165, 1.54) is 35.1 Å². The summed E-state index contributed by atoms with van der Waals surface area (Å²) in [5.74, 6) is 0.915. The number of benzene rings is 3. The van der Waals surface area contributed by atoms with E-state index >= 15 is 0 Å². The van der Waals surface area contributed by atoms with Crippen LogP contribution in [0.5, 0.6) is 0 Å². The molecule has 0 fully saturated rings.